The van der Waals surface area contributed by atoms with E-state index in [9.17, 15) is 14.4 Å². The summed E-state index contributed by atoms with van der Waals surface area (Å²) in [7, 11) is 3.00. The molecule has 0 aliphatic rings. The number of methoxy groups -OCH3 is 1. The Labute approximate surface area is 164 Å². The summed E-state index contributed by atoms with van der Waals surface area (Å²) in [6.45, 7) is 0.216. The Hall–Kier alpha value is -3.04. The van der Waals surface area contributed by atoms with Crippen LogP contribution in [0.4, 0.5) is 0 Å². The molecular weight excluding hydrogens is 386 g/mol. The van der Waals surface area contributed by atoms with Crippen molar-refractivity contribution in [2.24, 2.45) is 7.05 Å². The number of carbonyl (C=O) groups excluding carboxylic acids is 1. The topological polar surface area (TPSA) is 108 Å². The lowest BCUT2D eigenvalue weighted by atomic mass is 10.2. The summed E-state index contributed by atoms with van der Waals surface area (Å²) in [5, 5.41) is 3.29. The highest BCUT2D eigenvalue weighted by atomic mass is 35.5. The number of rotatable bonds is 6. The molecule has 146 valence electrons. The summed E-state index contributed by atoms with van der Waals surface area (Å²) in [6, 6.07) is 6.88. The Morgan fingerprint density at radius 1 is 1.25 bits per heavy atom. The largest absolute Gasteiger partial charge is 0.383 e. The molecular formula is C18H18ClN5O4. The van der Waals surface area contributed by atoms with Crippen LogP contribution in [0.15, 0.2) is 40.1 Å². The number of hydrogen-bond donors (Lipinski definition) is 1. The van der Waals surface area contributed by atoms with E-state index in [-0.39, 0.29) is 17.6 Å². The van der Waals surface area contributed by atoms with Gasteiger partial charge in [0.1, 0.15) is 11.9 Å². The van der Waals surface area contributed by atoms with Crippen molar-refractivity contribution in [3.05, 3.63) is 56.3 Å². The average molecular weight is 404 g/mol. The van der Waals surface area contributed by atoms with Gasteiger partial charge in [-0.25, -0.2) is 14.8 Å². The first-order valence-electron chi connectivity index (χ1n) is 8.40. The van der Waals surface area contributed by atoms with Gasteiger partial charge in [-0.2, -0.15) is 0 Å². The number of nitrogens with one attached hydrogen (secondary N) is 1. The van der Waals surface area contributed by atoms with E-state index >= 15 is 0 Å². The maximum Gasteiger partial charge on any atom is 0.332 e. The van der Waals surface area contributed by atoms with Crippen LogP contribution >= 0.6 is 11.6 Å². The Kier molecular flexibility index (Phi) is 5.86. The molecule has 2 aromatic heterocycles. The van der Waals surface area contributed by atoms with Crippen LogP contribution in [0.5, 0.6) is 0 Å². The molecule has 0 aliphatic heterocycles. The summed E-state index contributed by atoms with van der Waals surface area (Å²) >= 11 is 5.89. The Morgan fingerprint density at radius 2 is 1.96 bits per heavy atom. The Morgan fingerprint density at radius 3 is 2.64 bits per heavy atom. The molecule has 0 fully saturated rings. The first-order chi connectivity index (χ1) is 13.4. The minimum absolute atomic E-state index is 0.143. The zero-order valence-electron chi connectivity index (χ0n) is 15.3. The molecule has 0 aliphatic carbocycles. The molecule has 0 saturated carbocycles. The van der Waals surface area contributed by atoms with Crippen molar-refractivity contribution in [3.63, 3.8) is 0 Å². The zero-order valence-corrected chi connectivity index (χ0v) is 16.1. The molecule has 28 heavy (non-hydrogen) atoms. The van der Waals surface area contributed by atoms with Crippen molar-refractivity contribution in [2.75, 3.05) is 20.3 Å². The van der Waals surface area contributed by atoms with Gasteiger partial charge in [-0.1, -0.05) is 11.6 Å². The lowest BCUT2D eigenvalue weighted by Crippen LogP contribution is -2.43. The van der Waals surface area contributed by atoms with Crippen LogP contribution in [-0.4, -0.2) is 45.3 Å². The van der Waals surface area contributed by atoms with Crippen LogP contribution < -0.4 is 16.6 Å². The third kappa shape index (κ3) is 3.95. The third-order valence-electron chi connectivity index (χ3n) is 4.11. The predicted octanol–water partition coefficient (Wildman–Crippen LogP) is 0.573. The van der Waals surface area contributed by atoms with Crippen LogP contribution in [0.1, 0.15) is 0 Å². The minimum Gasteiger partial charge on any atom is -0.383 e. The predicted molar refractivity (Wildman–Crippen MR) is 104 cm³/mol. The molecule has 1 N–H and O–H groups in total. The normalized spacial score (nSPS) is 11.0. The molecule has 0 bridgehead atoms. The van der Waals surface area contributed by atoms with Crippen LogP contribution in [0.25, 0.3) is 22.4 Å². The molecule has 10 heteroatoms. The summed E-state index contributed by atoms with van der Waals surface area (Å²) in [4.78, 5) is 45.9. The number of carbonyl (C=O) groups is 1. The third-order valence-corrected chi connectivity index (χ3v) is 4.36. The quantitative estimate of drug-likeness (QED) is 0.603. The molecule has 0 saturated heterocycles. The molecule has 0 radical (unpaired) electrons. The van der Waals surface area contributed by atoms with E-state index in [1.54, 1.807) is 24.3 Å². The molecule has 0 spiro atoms. The van der Waals surface area contributed by atoms with E-state index in [0.29, 0.717) is 23.0 Å². The number of halogens is 1. The maximum absolute atomic E-state index is 12.7. The van der Waals surface area contributed by atoms with Gasteiger partial charge in [-0.05, 0) is 24.3 Å². The van der Waals surface area contributed by atoms with Crippen molar-refractivity contribution >= 4 is 28.5 Å². The monoisotopic (exact) mass is 403 g/mol. The van der Waals surface area contributed by atoms with Crippen molar-refractivity contribution in [2.45, 2.75) is 6.54 Å². The molecule has 3 aromatic rings. The van der Waals surface area contributed by atoms with Gasteiger partial charge in [-0.15, -0.1) is 0 Å². The fourth-order valence-electron chi connectivity index (χ4n) is 2.65. The summed E-state index contributed by atoms with van der Waals surface area (Å²) in [6.07, 6.45) is 1.35. The number of hydrogen-bond acceptors (Lipinski definition) is 6. The van der Waals surface area contributed by atoms with E-state index in [2.05, 4.69) is 15.3 Å². The molecule has 0 unspecified atom stereocenters. The van der Waals surface area contributed by atoms with E-state index < -0.39 is 23.7 Å². The summed E-state index contributed by atoms with van der Waals surface area (Å²) < 4.78 is 6.93. The number of amides is 1. The second-order valence-corrected chi connectivity index (χ2v) is 6.45. The van der Waals surface area contributed by atoms with Gasteiger partial charge in [0, 0.05) is 37.5 Å². The number of benzene rings is 1. The Bertz CT molecular complexity index is 1140. The van der Waals surface area contributed by atoms with Crippen molar-refractivity contribution in [1.29, 1.82) is 0 Å². The first-order valence-corrected chi connectivity index (χ1v) is 8.78. The van der Waals surface area contributed by atoms with Gasteiger partial charge in [0.15, 0.2) is 11.5 Å². The second-order valence-electron chi connectivity index (χ2n) is 6.01. The van der Waals surface area contributed by atoms with Crippen LogP contribution in [0.2, 0.25) is 5.02 Å². The summed E-state index contributed by atoms with van der Waals surface area (Å²) in [5.74, 6) is -0.108. The van der Waals surface area contributed by atoms with Gasteiger partial charge in [0.2, 0.25) is 5.91 Å². The zero-order chi connectivity index (χ0) is 20.3. The highest BCUT2D eigenvalue weighted by Crippen LogP contribution is 2.19. The van der Waals surface area contributed by atoms with Crippen molar-refractivity contribution in [1.82, 2.24) is 24.4 Å². The van der Waals surface area contributed by atoms with Crippen LogP contribution in [0.3, 0.4) is 0 Å². The standard InChI is InChI=1S/C18H18ClN5O4/c1-23-16-13(9-21-15(22-16)11-3-5-12(19)6-4-11)17(26)24(18(23)27)10-14(25)20-7-8-28-2/h3-6,9H,7-8,10H2,1-2H3,(H,20,25). The molecule has 1 aromatic carbocycles. The number of aryl methyl sites for hydroxylation is 1. The number of aromatic nitrogens is 4. The van der Waals surface area contributed by atoms with Crippen molar-refractivity contribution in [3.8, 4) is 11.4 Å². The van der Waals surface area contributed by atoms with Gasteiger partial charge < -0.3 is 10.1 Å². The van der Waals surface area contributed by atoms with Crippen LogP contribution in [-0.2, 0) is 23.1 Å². The molecule has 3 rings (SSSR count). The number of fused-ring (bicyclic) bond motifs is 1. The fourth-order valence-corrected chi connectivity index (χ4v) is 2.78. The van der Waals surface area contributed by atoms with E-state index in [0.717, 1.165) is 4.57 Å². The van der Waals surface area contributed by atoms with E-state index in [4.69, 9.17) is 16.3 Å². The van der Waals surface area contributed by atoms with Gasteiger partial charge in [0.05, 0.1) is 6.61 Å². The molecule has 9 nitrogen and oxygen atoms in total. The first kappa shape index (κ1) is 19.7. The highest BCUT2D eigenvalue weighted by molar-refractivity contribution is 6.30. The minimum atomic E-state index is -0.639. The Balaban J connectivity index is 2.02. The molecule has 0 atom stereocenters. The lowest BCUT2D eigenvalue weighted by Gasteiger charge is -2.11. The van der Waals surface area contributed by atoms with Gasteiger partial charge >= 0.3 is 5.69 Å². The summed E-state index contributed by atoms with van der Waals surface area (Å²) in [5.41, 5.74) is -0.380. The molecule has 1 amide bonds. The van der Waals surface area contributed by atoms with Crippen molar-refractivity contribution < 1.29 is 9.53 Å². The SMILES string of the molecule is COCCNC(=O)Cn1c(=O)c2cnc(-c3ccc(Cl)cc3)nc2n(C)c1=O. The van der Waals surface area contributed by atoms with E-state index in [1.807, 2.05) is 0 Å². The highest BCUT2D eigenvalue weighted by Gasteiger charge is 2.16. The fraction of sp³-hybridized carbons (Fsp3) is 0.278. The maximum atomic E-state index is 12.7. The average Bonchev–Trinajstić information content (AvgIpc) is 2.70. The van der Waals surface area contributed by atoms with Crippen LogP contribution in [0, 0.1) is 0 Å². The molecule has 2 heterocycles. The number of nitrogens with zero attached hydrogens (tertiary/aromatic N) is 4. The smallest absolute Gasteiger partial charge is 0.332 e. The lowest BCUT2D eigenvalue weighted by molar-refractivity contribution is -0.121. The second kappa shape index (κ2) is 8.32. The number of ether oxygens (including phenoxy) is 1. The van der Waals surface area contributed by atoms with Gasteiger partial charge in [-0.3, -0.25) is 18.7 Å². The van der Waals surface area contributed by atoms with Gasteiger partial charge in [0.25, 0.3) is 5.56 Å². The van der Waals surface area contributed by atoms with E-state index in [1.165, 1.54) is 24.9 Å².